The lowest BCUT2D eigenvalue weighted by Crippen LogP contribution is -2.43. The summed E-state index contributed by atoms with van der Waals surface area (Å²) in [5.41, 5.74) is 2.49. The second kappa shape index (κ2) is 15.2. The molecule has 0 saturated heterocycles. The predicted molar refractivity (Wildman–Crippen MR) is 193 cm³/mol. The Morgan fingerprint density at radius 3 is 2.16 bits per heavy atom. The second-order valence-electron chi connectivity index (χ2n) is 12.9. The lowest BCUT2D eigenvalue weighted by molar-refractivity contribution is -0.148. The van der Waals surface area contributed by atoms with E-state index in [4.69, 9.17) is 44.3 Å². The quantitative estimate of drug-likeness (QED) is 0.192. The van der Waals surface area contributed by atoms with Gasteiger partial charge in [-0.15, -0.1) is 5.10 Å². The van der Waals surface area contributed by atoms with Crippen LogP contribution in [0.2, 0.25) is 15.1 Å². The van der Waals surface area contributed by atoms with Gasteiger partial charge in [0.1, 0.15) is 11.4 Å². The monoisotopic (exact) mass is 728 g/mol. The zero-order valence-corrected chi connectivity index (χ0v) is 30.6. The van der Waals surface area contributed by atoms with Gasteiger partial charge in [0.05, 0.1) is 10.0 Å². The number of nitrogens with zero attached hydrogens (tertiary/aromatic N) is 2. The van der Waals surface area contributed by atoms with Gasteiger partial charge in [-0.2, -0.15) is 5.01 Å². The minimum atomic E-state index is -1.58. The number of halogens is 3. The third kappa shape index (κ3) is 8.73. The van der Waals surface area contributed by atoms with E-state index in [2.05, 4.69) is 63.3 Å². The summed E-state index contributed by atoms with van der Waals surface area (Å²) in [5, 5.41) is 10.5. The SMILES string of the molecule is CCC(C)(C)c1ccc(OCC(=O)Nc2cccc(C(=O)NC3=NN(c4c(Cl)cc(Cl)cc4Cl)C(=O)C3OC(C)=O)c2)c(C(C)(C)CC)c1. The van der Waals surface area contributed by atoms with Gasteiger partial charge >= 0.3 is 5.97 Å². The number of amidine groups is 1. The first kappa shape index (κ1) is 37.7. The van der Waals surface area contributed by atoms with Gasteiger partial charge in [-0.1, -0.05) is 94.5 Å². The number of hydrogen-bond acceptors (Lipinski definition) is 7. The average molecular weight is 730 g/mol. The van der Waals surface area contributed by atoms with Crippen LogP contribution < -0.4 is 20.4 Å². The summed E-state index contributed by atoms with van der Waals surface area (Å²) in [6.07, 6.45) is 0.279. The smallest absolute Gasteiger partial charge is 0.303 e. The number of hydrogen-bond donors (Lipinski definition) is 2. The first-order valence-electron chi connectivity index (χ1n) is 15.7. The number of anilines is 2. The largest absolute Gasteiger partial charge is 0.483 e. The lowest BCUT2D eigenvalue weighted by atomic mass is 9.76. The van der Waals surface area contributed by atoms with E-state index < -0.39 is 29.8 Å². The Morgan fingerprint density at radius 1 is 0.898 bits per heavy atom. The van der Waals surface area contributed by atoms with E-state index in [-0.39, 0.29) is 49.6 Å². The fraction of sp³-hybridized carbons (Fsp3) is 0.361. The Balaban J connectivity index is 1.50. The zero-order chi connectivity index (χ0) is 36.3. The third-order valence-electron chi connectivity index (χ3n) is 8.63. The zero-order valence-electron chi connectivity index (χ0n) is 28.4. The Morgan fingerprint density at radius 2 is 1.55 bits per heavy atom. The number of amides is 3. The normalized spacial score (nSPS) is 14.7. The number of hydrazone groups is 1. The standard InChI is InChI=1S/C36H39Cl3N4O6/c1-8-35(4,5)22-13-14-28(25(16-22)36(6,7)9-2)48-19-29(45)40-24-12-10-11-21(15-24)33(46)41-32-31(49-20(3)44)34(47)43(42-32)30-26(38)17-23(37)18-27(30)39/h10-18,31H,8-9,19H2,1-7H3,(H,40,45)(H,41,42,46). The molecule has 3 aromatic carbocycles. The van der Waals surface area contributed by atoms with E-state index in [0.717, 1.165) is 30.3 Å². The van der Waals surface area contributed by atoms with Gasteiger partial charge in [-0.3, -0.25) is 19.2 Å². The van der Waals surface area contributed by atoms with Gasteiger partial charge in [0, 0.05) is 28.8 Å². The van der Waals surface area contributed by atoms with Crippen LogP contribution in [0, 0.1) is 0 Å². The minimum Gasteiger partial charge on any atom is -0.483 e. The number of carbonyl (C=O) groups excluding carboxylic acids is 4. The first-order chi connectivity index (χ1) is 23.0. The first-order valence-corrected chi connectivity index (χ1v) is 16.8. The van der Waals surface area contributed by atoms with Crippen molar-refractivity contribution in [2.75, 3.05) is 16.9 Å². The summed E-state index contributed by atoms with van der Waals surface area (Å²) < 4.78 is 11.2. The van der Waals surface area contributed by atoms with Gasteiger partial charge in [-0.25, -0.2) is 0 Å². The van der Waals surface area contributed by atoms with Crippen LogP contribution >= 0.6 is 34.8 Å². The molecule has 260 valence electrons. The van der Waals surface area contributed by atoms with Gasteiger partial charge < -0.3 is 20.1 Å². The molecule has 49 heavy (non-hydrogen) atoms. The maximum Gasteiger partial charge on any atom is 0.303 e. The third-order valence-corrected chi connectivity index (χ3v) is 9.43. The van der Waals surface area contributed by atoms with Crippen LogP contribution in [0.4, 0.5) is 11.4 Å². The maximum atomic E-state index is 13.3. The maximum absolute atomic E-state index is 13.3. The van der Waals surface area contributed by atoms with Gasteiger partial charge in [0.25, 0.3) is 17.7 Å². The fourth-order valence-corrected chi connectivity index (χ4v) is 5.94. The summed E-state index contributed by atoms with van der Waals surface area (Å²) in [4.78, 5) is 51.4. The van der Waals surface area contributed by atoms with Crippen molar-refractivity contribution in [3.63, 3.8) is 0 Å². The van der Waals surface area contributed by atoms with Crippen molar-refractivity contribution in [1.82, 2.24) is 5.32 Å². The van der Waals surface area contributed by atoms with Crippen molar-refractivity contribution in [2.45, 2.75) is 78.2 Å². The van der Waals surface area contributed by atoms with Crippen molar-refractivity contribution in [2.24, 2.45) is 5.10 Å². The highest BCUT2D eigenvalue weighted by Gasteiger charge is 2.42. The molecule has 0 aliphatic carbocycles. The molecule has 1 heterocycles. The van der Waals surface area contributed by atoms with Crippen molar-refractivity contribution in [3.05, 3.63) is 86.4 Å². The van der Waals surface area contributed by atoms with Crippen LogP contribution in [0.3, 0.4) is 0 Å². The highest BCUT2D eigenvalue weighted by Crippen LogP contribution is 2.40. The fourth-order valence-electron chi connectivity index (χ4n) is 4.96. The molecular formula is C36H39Cl3N4O6. The van der Waals surface area contributed by atoms with Gasteiger partial charge in [0.2, 0.25) is 6.10 Å². The van der Waals surface area contributed by atoms with E-state index in [9.17, 15) is 19.2 Å². The molecule has 0 saturated carbocycles. The van der Waals surface area contributed by atoms with Crippen LogP contribution in [0.1, 0.15) is 82.8 Å². The Bertz CT molecular complexity index is 1800. The van der Waals surface area contributed by atoms with Crippen molar-refractivity contribution >= 4 is 75.7 Å². The highest BCUT2D eigenvalue weighted by molar-refractivity contribution is 6.43. The number of carbonyl (C=O) groups is 4. The molecule has 0 bridgehead atoms. The molecule has 0 aromatic heterocycles. The predicted octanol–water partition coefficient (Wildman–Crippen LogP) is 8.06. The molecule has 1 aliphatic rings. The molecule has 10 nitrogen and oxygen atoms in total. The molecule has 1 atom stereocenters. The number of rotatable bonds is 11. The van der Waals surface area contributed by atoms with E-state index in [0.29, 0.717) is 11.4 Å². The van der Waals surface area contributed by atoms with E-state index in [1.165, 1.54) is 29.8 Å². The number of esters is 1. The Hall–Kier alpha value is -4.12. The highest BCUT2D eigenvalue weighted by atomic mass is 35.5. The molecule has 2 N–H and O–H groups in total. The summed E-state index contributed by atoms with van der Waals surface area (Å²) in [5.74, 6) is -2.35. The van der Waals surface area contributed by atoms with Crippen LogP contribution in [0.25, 0.3) is 0 Å². The molecule has 0 spiro atoms. The molecular weight excluding hydrogens is 691 g/mol. The van der Waals surface area contributed by atoms with Crippen molar-refractivity contribution in [3.8, 4) is 5.75 Å². The Kier molecular flexibility index (Phi) is 11.7. The summed E-state index contributed by atoms with van der Waals surface area (Å²) in [7, 11) is 0. The molecule has 1 unspecified atom stereocenters. The molecule has 1 aliphatic heterocycles. The molecule has 3 amide bonds. The molecule has 3 aromatic rings. The summed E-state index contributed by atoms with van der Waals surface area (Å²) in [6, 6.07) is 15.0. The number of ether oxygens (including phenoxy) is 2. The Labute approximate surface area is 301 Å². The molecule has 0 radical (unpaired) electrons. The number of nitrogens with one attached hydrogen (secondary N) is 2. The summed E-state index contributed by atoms with van der Waals surface area (Å²) >= 11 is 18.6. The van der Waals surface area contributed by atoms with E-state index >= 15 is 0 Å². The van der Waals surface area contributed by atoms with Gasteiger partial charge in [0.15, 0.2) is 12.4 Å². The van der Waals surface area contributed by atoms with Crippen molar-refractivity contribution < 1.29 is 28.7 Å². The van der Waals surface area contributed by atoms with Crippen LogP contribution in [-0.4, -0.2) is 42.2 Å². The minimum absolute atomic E-state index is 0.00261. The molecule has 0 fully saturated rings. The molecule has 13 heteroatoms. The second-order valence-corrected chi connectivity index (χ2v) is 14.2. The van der Waals surface area contributed by atoms with Crippen molar-refractivity contribution in [1.29, 1.82) is 0 Å². The topological polar surface area (TPSA) is 126 Å². The van der Waals surface area contributed by atoms with Crippen LogP contribution in [0.15, 0.2) is 59.7 Å². The van der Waals surface area contributed by atoms with Crippen LogP contribution in [0.5, 0.6) is 5.75 Å². The van der Waals surface area contributed by atoms with E-state index in [1.54, 1.807) is 12.1 Å². The van der Waals surface area contributed by atoms with Crippen LogP contribution in [-0.2, 0) is 30.0 Å². The van der Waals surface area contributed by atoms with Gasteiger partial charge in [-0.05, 0) is 65.6 Å². The molecule has 4 rings (SSSR count). The summed E-state index contributed by atoms with van der Waals surface area (Å²) in [6.45, 7) is 13.8. The lowest BCUT2D eigenvalue weighted by Gasteiger charge is -2.30. The average Bonchev–Trinajstić information content (AvgIpc) is 3.32. The van der Waals surface area contributed by atoms with E-state index in [1.807, 2.05) is 12.1 Å². The number of benzene rings is 3.